The van der Waals surface area contributed by atoms with Gasteiger partial charge in [-0.15, -0.1) is 0 Å². The number of ether oxygens (including phenoxy) is 1. The number of carbonyl (C=O) groups excluding carboxylic acids is 1. The largest absolute Gasteiger partial charge is 0.507 e. The second-order valence-corrected chi connectivity index (χ2v) is 3.40. The molecule has 0 radical (unpaired) electrons. The lowest BCUT2D eigenvalue weighted by Gasteiger charge is -2.10. The van der Waals surface area contributed by atoms with Crippen LogP contribution in [0.1, 0.15) is 31.1 Å². The van der Waals surface area contributed by atoms with Gasteiger partial charge in [-0.3, -0.25) is 4.79 Å². The Balaban J connectivity index is 2.94. The lowest BCUT2D eigenvalue weighted by Crippen LogP contribution is -2.05. The van der Waals surface area contributed by atoms with Crippen LogP contribution in [0.5, 0.6) is 11.5 Å². The summed E-state index contributed by atoms with van der Waals surface area (Å²) in [6.07, 6.45) is 0.0533. The molecular formula is C11H14O3. The second kappa shape index (κ2) is 4.13. The number of phenols is 1. The number of rotatable bonds is 3. The Morgan fingerprint density at radius 1 is 1.43 bits per heavy atom. The van der Waals surface area contributed by atoms with Gasteiger partial charge in [-0.05, 0) is 32.9 Å². The van der Waals surface area contributed by atoms with Crippen molar-refractivity contribution < 1.29 is 14.6 Å². The van der Waals surface area contributed by atoms with Gasteiger partial charge < -0.3 is 9.84 Å². The quantitative estimate of drug-likeness (QED) is 0.751. The average Bonchev–Trinajstić information content (AvgIpc) is 2.01. The third-order valence-corrected chi connectivity index (χ3v) is 1.72. The van der Waals surface area contributed by atoms with Crippen molar-refractivity contribution in [3.05, 3.63) is 23.8 Å². The Labute approximate surface area is 83.3 Å². The molecule has 1 N–H and O–H groups in total. The van der Waals surface area contributed by atoms with E-state index in [0.717, 1.165) is 0 Å². The van der Waals surface area contributed by atoms with Crippen molar-refractivity contribution in [2.75, 3.05) is 0 Å². The van der Waals surface area contributed by atoms with Crippen molar-refractivity contribution in [1.82, 2.24) is 0 Å². The van der Waals surface area contributed by atoms with Crippen LogP contribution in [0.3, 0.4) is 0 Å². The molecule has 0 atom stereocenters. The third-order valence-electron chi connectivity index (χ3n) is 1.72. The molecule has 0 heterocycles. The van der Waals surface area contributed by atoms with Crippen LogP contribution in [0.4, 0.5) is 0 Å². The van der Waals surface area contributed by atoms with Gasteiger partial charge in [-0.2, -0.15) is 0 Å². The Hall–Kier alpha value is -1.51. The second-order valence-electron chi connectivity index (χ2n) is 3.40. The van der Waals surface area contributed by atoms with Gasteiger partial charge in [0.15, 0.2) is 5.78 Å². The molecule has 3 heteroatoms. The summed E-state index contributed by atoms with van der Waals surface area (Å²) in [5.74, 6) is 0.386. The maximum atomic E-state index is 11.0. The van der Waals surface area contributed by atoms with Crippen molar-refractivity contribution >= 4 is 5.78 Å². The Kier molecular flexibility index (Phi) is 3.12. The van der Waals surface area contributed by atoms with E-state index in [4.69, 9.17) is 4.74 Å². The molecule has 0 fully saturated rings. The van der Waals surface area contributed by atoms with Gasteiger partial charge in [-0.1, -0.05) is 0 Å². The number of ketones is 1. The SMILES string of the molecule is CC(=O)c1ccc(OC(C)C)cc1O. The highest BCUT2D eigenvalue weighted by atomic mass is 16.5. The highest BCUT2D eigenvalue weighted by Crippen LogP contribution is 2.24. The summed E-state index contributed by atoms with van der Waals surface area (Å²) in [4.78, 5) is 11.0. The van der Waals surface area contributed by atoms with E-state index in [1.54, 1.807) is 12.1 Å². The van der Waals surface area contributed by atoms with Gasteiger partial charge in [0, 0.05) is 6.07 Å². The summed E-state index contributed by atoms with van der Waals surface area (Å²) in [6.45, 7) is 5.21. The number of hydrogen-bond donors (Lipinski definition) is 1. The van der Waals surface area contributed by atoms with Crippen LogP contribution in [-0.4, -0.2) is 17.0 Å². The topological polar surface area (TPSA) is 46.5 Å². The van der Waals surface area contributed by atoms with E-state index in [1.807, 2.05) is 13.8 Å². The molecule has 0 bridgehead atoms. The number of Topliss-reactive ketones (excluding diaryl/α,β-unsaturated/α-hetero) is 1. The molecule has 1 aromatic rings. The molecule has 0 aliphatic carbocycles. The van der Waals surface area contributed by atoms with E-state index in [1.165, 1.54) is 13.0 Å². The first-order chi connectivity index (χ1) is 6.50. The van der Waals surface area contributed by atoms with Crippen LogP contribution in [-0.2, 0) is 0 Å². The molecule has 0 aromatic heterocycles. The standard InChI is InChI=1S/C11H14O3/c1-7(2)14-9-4-5-10(8(3)12)11(13)6-9/h4-7,13H,1-3H3. The summed E-state index contributed by atoms with van der Waals surface area (Å²) in [7, 11) is 0. The normalized spacial score (nSPS) is 10.3. The first kappa shape index (κ1) is 10.6. The number of phenolic OH excluding ortho intramolecular Hbond substituents is 1. The van der Waals surface area contributed by atoms with Crippen LogP contribution in [0.25, 0.3) is 0 Å². The van der Waals surface area contributed by atoms with Crippen LogP contribution in [0.2, 0.25) is 0 Å². The fraction of sp³-hybridized carbons (Fsp3) is 0.364. The van der Waals surface area contributed by atoms with Crippen molar-refractivity contribution in [3.63, 3.8) is 0 Å². The molecule has 14 heavy (non-hydrogen) atoms. The zero-order valence-corrected chi connectivity index (χ0v) is 8.57. The van der Waals surface area contributed by atoms with Crippen molar-refractivity contribution in [2.45, 2.75) is 26.9 Å². The van der Waals surface area contributed by atoms with Crippen LogP contribution >= 0.6 is 0 Å². The molecule has 76 valence electrons. The molecule has 0 amide bonds. The fourth-order valence-corrected chi connectivity index (χ4v) is 1.15. The van der Waals surface area contributed by atoms with Crippen molar-refractivity contribution in [1.29, 1.82) is 0 Å². The number of carbonyl (C=O) groups is 1. The van der Waals surface area contributed by atoms with E-state index >= 15 is 0 Å². The molecule has 1 rings (SSSR count). The van der Waals surface area contributed by atoms with Crippen molar-refractivity contribution in [2.24, 2.45) is 0 Å². The highest BCUT2D eigenvalue weighted by Gasteiger charge is 2.07. The maximum absolute atomic E-state index is 11.0. The Bertz CT molecular complexity index is 342. The molecule has 0 aliphatic heterocycles. The molecule has 0 unspecified atom stereocenters. The summed E-state index contributed by atoms with van der Waals surface area (Å²) in [5.41, 5.74) is 0.320. The lowest BCUT2D eigenvalue weighted by atomic mass is 10.1. The van der Waals surface area contributed by atoms with Gasteiger partial charge in [-0.25, -0.2) is 0 Å². The summed E-state index contributed by atoms with van der Waals surface area (Å²) >= 11 is 0. The monoisotopic (exact) mass is 194 g/mol. The van der Waals surface area contributed by atoms with E-state index < -0.39 is 0 Å². The predicted octanol–water partition coefficient (Wildman–Crippen LogP) is 2.38. The van der Waals surface area contributed by atoms with Crippen LogP contribution < -0.4 is 4.74 Å². The lowest BCUT2D eigenvalue weighted by molar-refractivity contribution is 0.101. The summed E-state index contributed by atoms with van der Waals surface area (Å²) in [6, 6.07) is 4.70. The van der Waals surface area contributed by atoms with Crippen LogP contribution in [0.15, 0.2) is 18.2 Å². The molecule has 0 aliphatic rings. The predicted molar refractivity (Wildman–Crippen MR) is 53.9 cm³/mol. The Morgan fingerprint density at radius 3 is 2.50 bits per heavy atom. The first-order valence-corrected chi connectivity index (χ1v) is 4.51. The summed E-state index contributed by atoms with van der Waals surface area (Å²) < 4.78 is 5.36. The van der Waals surface area contributed by atoms with E-state index in [2.05, 4.69) is 0 Å². The van der Waals surface area contributed by atoms with Crippen LogP contribution in [0, 0.1) is 0 Å². The van der Waals surface area contributed by atoms with E-state index in [-0.39, 0.29) is 17.6 Å². The smallest absolute Gasteiger partial charge is 0.163 e. The summed E-state index contributed by atoms with van der Waals surface area (Å²) in [5, 5.41) is 9.47. The van der Waals surface area contributed by atoms with Gasteiger partial charge in [0.25, 0.3) is 0 Å². The minimum atomic E-state index is -0.154. The number of hydrogen-bond acceptors (Lipinski definition) is 3. The average molecular weight is 194 g/mol. The first-order valence-electron chi connectivity index (χ1n) is 4.51. The molecule has 1 aromatic carbocycles. The maximum Gasteiger partial charge on any atom is 0.163 e. The number of benzene rings is 1. The van der Waals surface area contributed by atoms with Gasteiger partial charge >= 0.3 is 0 Å². The molecular weight excluding hydrogens is 180 g/mol. The minimum Gasteiger partial charge on any atom is -0.507 e. The highest BCUT2D eigenvalue weighted by molar-refractivity contribution is 5.96. The zero-order chi connectivity index (χ0) is 10.7. The fourth-order valence-electron chi connectivity index (χ4n) is 1.15. The van der Waals surface area contributed by atoms with E-state index in [9.17, 15) is 9.90 Å². The van der Waals surface area contributed by atoms with Gasteiger partial charge in [0.1, 0.15) is 11.5 Å². The molecule has 3 nitrogen and oxygen atoms in total. The zero-order valence-electron chi connectivity index (χ0n) is 8.57. The van der Waals surface area contributed by atoms with Crippen molar-refractivity contribution in [3.8, 4) is 11.5 Å². The molecule has 0 saturated heterocycles. The minimum absolute atomic E-state index is 0.0318. The van der Waals surface area contributed by atoms with Gasteiger partial charge in [0.05, 0.1) is 11.7 Å². The third kappa shape index (κ3) is 2.49. The van der Waals surface area contributed by atoms with Gasteiger partial charge in [0.2, 0.25) is 0 Å². The van der Waals surface area contributed by atoms with E-state index in [0.29, 0.717) is 11.3 Å². The Morgan fingerprint density at radius 2 is 2.07 bits per heavy atom. The molecule has 0 saturated carbocycles. The molecule has 0 spiro atoms. The number of aromatic hydroxyl groups is 1.